The Morgan fingerprint density at radius 3 is 2.88 bits per heavy atom. The number of ether oxygens (including phenoxy) is 4. The van der Waals surface area contributed by atoms with Crippen LogP contribution < -0.4 is 9.47 Å². The van der Waals surface area contributed by atoms with E-state index in [1.807, 2.05) is 6.07 Å². The summed E-state index contributed by atoms with van der Waals surface area (Å²) >= 11 is 0. The fourth-order valence-corrected chi connectivity index (χ4v) is 3.33. The Labute approximate surface area is 183 Å². The number of esters is 1. The number of carbonyl (C=O) groups excluding carboxylic acids is 2. The molecule has 0 saturated carbocycles. The normalized spacial score (nSPS) is 18.2. The number of rotatable bonds is 6. The molecular formula is C23H21N3O6. The molecule has 1 atom stereocenters. The molecule has 2 aromatic heterocycles. The zero-order chi connectivity index (χ0) is 22.7. The lowest BCUT2D eigenvalue weighted by Crippen LogP contribution is -2.27. The van der Waals surface area contributed by atoms with Crippen LogP contribution in [0.15, 0.2) is 53.5 Å². The molecular weight excluding hydrogens is 414 g/mol. The Kier molecular flexibility index (Phi) is 5.89. The van der Waals surface area contributed by atoms with Crippen molar-refractivity contribution in [1.82, 2.24) is 9.97 Å². The molecule has 1 unspecified atom stereocenters. The molecule has 9 nitrogen and oxygen atoms in total. The zero-order valence-corrected chi connectivity index (χ0v) is 17.7. The standard InChI is InChI=1S/C23H21N3O6/c1-4-31-23(28)19-20(27)18(10-13-12-25-21-15(13)6-5-9-24-21)32-22(19)26-16-8-7-14(29-2)11-17(16)30-3/h5-12,19H,4H2,1-3H3,(H,24,25)/b18-10-,26-22?. The molecule has 1 aliphatic heterocycles. The van der Waals surface area contributed by atoms with Crippen LogP contribution >= 0.6 is 0 Å². The highest BCUT2D eigenvalue weighted by Gasteiger charge is 2.45. The van der Waals surface area contributed by atoms with Gasteiger partial charge in [0.2, 0.25) is 11.7 Å². The number of aromatic amines is 1. The van der Waals surface area contributed by atoms with Gasteiger partial charge in [-0.15, -0.1) is 0 Å². The van der Waals surface area contributed by atoms with Gasteiger partial charge in [0.05, 0.1) is 20.8 Å². The second-order valence-corrected chi connectivity index (χ2v) is 6.79. The van der Waals surface area contributed by atoms with Gasteiger partial charge in [0.15, 0.2) is 11.7 Å². The van der Waals surface area contributed by atoms with E-state index in [0.717, 1.165) is 5.39 Å². The second-order valence-electron chi connectivity index (χ2n) is 6.79. The fraction of sp³-hybridized carbons (Fsp3) is 0.217. The van der Waals surface area contributed by atoms with E-state index in [4.69, 9.17) is 18.9 Å². The summed E-state index contributed by atoms with van der Waals surface area (Å²) in [4.78, 5) is 37.3. The number of hydrogen-bond acceptors (Lipinski definition) is 8. The largest absolute Gasteiger partial charge is 0.497 e. The number of hydrogen-bond donors (Lipinski definition) is 1. The first-order chi connectivity index (χ1) is 15.5. The number of methoxy groups -OCH3 is 2. The van der Waals surface area contributed by atoms with Crippen molar-refractivity contribution in [2.45, 2.75) is 6.92 Å². The van der Waals surface area contributed by atoms with Gasteiger partial charge in [0.1, 0.15) is 22.8 Å². The molecule has 4 rings (SSSR count). The topological polar surface area (TPSA) is 112 Å². The van der Waals surface area contributed by atoms with E-state index < -0.39 is 17.7 Å². The van der Waals surface area contributed by atoms with Gasteiger partial charge in [-0.05, 0) is 37.3 Å². The molecule has 1 fully saturated rings. The SMILES string of the molecule is CCOC(=O)C1C(=O)/C(=C/c2c[nH]c3ncccc23)OC1=Nc1ccc(OC)cc1OC. The number of allylic oxidation sites excluding steroid dienone is 1. The summed E-state index contributed by atoms with van der Waals surface area (Å²) < 4.78 is 21.4. The van der Waals surface area contributed by atoms with Crippen molar-refractivity contribution in [2.75, 3.05) is 20.8 Å². The highest BCUT2D eigenvalue weighted by atomic mass is 16.5. The number of aromatic nitrogens is 2. The lowest BCUT2D eigenvalue weighted by molar-refractivity contribution is -0.147. The second kappa shape index (κ2) is 8.93. The minimum atomic E-state index is -1.31. The maximum Gasteiger partial charge on any atom is 0.326 e. The van der Waals surface area contributed by atoms with E-state index in [9.17, 15) is 9.59 Å². The number of aliphatic imine (C=N–C) groups is 1. The average Bonchev–Trinajstić information content (AvgIpc) is 3.35. The van der Waals surface area contributed by atoms with Crippen molar-refractivity contribution in [3.8, 4) is 11.5 Å². The molecule has 1 saturated heterocycles. The fourth-order valence-electron chi connectivity index (χ4n) is 3.33. The van der Waals surface area contributed by atoms with Crippen LogP contribution in [0.1, 0.15) is 12.5 Å². The molecule has 32 heavy (non-hydrogen) atoms. The Balaban J connectivity index is 1.76. The molecule has 0 aliphatic carbocycles. The van der Waals surface area contributed by atoms with E-state index in [2.05, 4.69) is 15.0 Å². The number of Topliss-reactive ketones (excluding diaryl/α,β-unsaturated/α-hetero) is 1. The van der Waals surface area contributed by atoms with E-state index in [1.54, 1.807) is 49.7 Å². The summed E-state index contributed by atoms with van der Waals surface area (Å²) in [6.07, 6.45) is 4.93. The predicted octanol–water partition coefficient (Wildman–Crippen LogP) is 3.43. The van der Waals surface area contributed by atoms with E-state index in [1.165, 1.54) is 14.2 Å². The van der Waals surface area contributed by atoms with Gasteiger partial charge < -0.3 is 23.9 Å². The van der Waals surface area contributed by atoms with Crippen LogP contribution in [0.5, 0.6) is 11.5 Å². The molecule has 0 bridgehead atoms. The molecule has 164 valence electrons. The number of benzene rings is 1. The van der Waals surface area contributed by atoms with Crippen molar-refractivity contribution < 1.29 is 28.5 Å². The number of ketones is 1. The van der Waals surface area contributed by atoms with Gasteiger partial charge in [-0.1, -0.05) is 0 Å². The van der Waals surface area contributed by atoms with Gasteiger partial charge in [0.25, 0.3) is 0 Å². The third kappa shape index (κ3) is 3.92. The third-order valence-corrected chi connectivity index (χ3v) is 4.88. The number of H-pyrrole nitrogens is 1. The number of pyridine rings is 1. The molecule has 1 N–H and O–H groups in total. The van der Waals surface area contributed by atoms with Crippen LogP contribution in [0.2, 0.25) is 0 Å². The molecule has 3 heterocycles. The van der Waals surface area contributed by atoms with Crippen molar-refractivity contribution >= 4 is 40.4 Å². The molecule has 1 aromatic carbocycles. The number of fused-ring (bicyclic) bond motifs is 1. The molecule has 0 spiro atoms. The van der Waals surface area contributed by atoms with Gasteiger partial charge in [0, 0.05) is 29.4 Å². The summed E-state index contributed by atoms with van der Waals surface area (Å²) in [5, 5.41) is 0.811. The monoisotopic (exact) mass is 435 g/mol. The number of nitrogens with zero attached hydrogens (tertiary/aromatic N) is 2. The first-order valence-electron chi connectivity index (χ1n) is 9.88. The molecule has 0 radical (unpaired) electrons. The van der Waals surface area contributed by atoms with Crippen LogP contribution in [0.4, 0.5) is 5.69 Å². The highest BCUT2D eigenvalue weighted by Crippen LogP contribution is 2.35. The van der Waals surface area contributed by atoms with Crippen LogP contribution in [0, 0.1) is 5.92 Å². The molecule has 1 aliphatic rings. The Bertz CT molecular complexity index is 1240. The van der Waals surface area contributed by atoms with Crippen LogP contribution in [0.3, 0.4) is 0 Å². The Morgan fingerprint density at radius 2 is 2.12 bits per heavy atom. The van der Waals surface area contributed by atoms with E-state index >= 15 is 0 Å². The lowest BCUT2D eigenvalue weighted by atomic mass is 10.0. The van der Waals surface area contributed by atoms with Gasteiger partial charge in [-0.3, -0.25) is 9.59 Å². The third-order valence-electron chi connectivity index (χ3n) is 4.88. The average molecular weight is 435 g/mol. The quantitative estimate of drug-likeness (QED) is 0.359. The molecule has 9 heteroatoms. The first kappa shape index (κ1) is 21.1. The summed E-state index contributed by atoms with van der Waals surface area (Å²) in [5.41, 5.74) is 1.74. The van der Waals surface area contributed by atoms with E-state index in [0.29, 0.717) is 28.4 Å². The first-order valence-corrected chi connectivity index (χ1v) is 9.88. The Morgan fingerprint density at radius 1 is 1.28 bits per heavy atom. The van der Waals surface area contributed by atoms with Crippen LogP contribution in [-0.2, 0) is 19.1 Å². The predicted molar refractivity (Wildman–Crippen MR) is 117 cm³/mol. The highest BCUT2D eigenvalue weighted by molar-refractivity contribution is 6.27. The van der Waals surface area contributed by atoms with E-state index in [-0.39, 0.29) is 18.3 Å². The zero-order valence-electron chi connectivity index (χ0n) is 17.7. The van der Waals surface area contributed by atoms with Gasteiger partial charge >= 0.3 is 5.97 Å². The maximum atomic E-state index is 13.1. The summed E-state index contributed by atoms with van der Waals surface area (Å²) in [6.45, 7) is 1.78. The Hall–Kier alpha value is -4.14. The summed E-state index contributed by atoms with van der Waals surface area (Å²) in [6, 6.07) is 8.64. The van der Waals surface area contributed by atoms with Crippen molar-refractivity contribution in [3.05, 3.63) is 54.0 Å². The van der Waals surface area contributed by atoms with Crippen LogP contribution in [0.25, 0.3) is 17.1 Å². The lowest BCUT2D eigenvalue weighted by Gasteiger charge is -2.09. The van der Waals surface area contributed by atoms with Crippen molar-refractivity contribution in [2.24, 2.45) is 10.9 Å². The number of carbonyl (C=O) groups is 2. The smallest absolute Gasteiger partial charge is 0.326 e. The van der Waals surface area contributed by atoms with Gasteiger partial charge in [-0.2, -0.15) is 0 Å². The minimum Gasteiger partial charge on any atom is -0.497 e. The van der Waals surface area contributed by atoms with Gasteiger partial charge in [-0.25, -0.2) is 9.98 Å². The van der Waals surface area contributed by atoms with Crippen LogP contribution in [-0.4, -0.2) is 48.4 Å². The maximum absolute atomic E-state index is 13.1. The molecule has 3 aromatic rings. The number of nitrogens with one attached hydrogen (secondary N) is 1. The summed E-state index contributed by atoms with van der Waals surface area (Å²) in [7, 11) is 3.02. The minimum absolute atomic E-state index is 0.0148. The van der Waals surface area contributed by atoms with Crippen molar-refractivity contribution in [1.29, 1.82) is 0 Å². The van der Waals surface area contributed by atoms with Crippen molar-refractivity contribution in [3.63, 3.8) is 0 Å². The molecule has 0 amide bonds. The summed E-state index contributed by atoms with van der Waals surface area (Å²) in [5.74, 6) is -1.70.